The van der Waals surface area contributed by atoms with Gasteiger partial charge in [-0.2, -0.15) is 0 Å². The quantitative estimate of drug-likeness (QED) is 0.0338. The minimum absolute atomic E-state index is 0.134. The lowest BCUT2D eigenvalue weighted by atomic mass is 9.96. The van der Waals surface area contributed by atoms with E-state index >= 15 is 0 Å². The third kappa shape index (κ3) is 21.0. The largest absolute Gasteiger partial charge is 0.368 e. The van der Waals surface area contributed by atoms with Gasteiger partial charge in [0, 0.05) is 21.3 Å². The fourth-order valence-corrected chi connectivity index (χ4v) is 12.9. The van der Waals surface area contributed by atoms with Crippen molar-refractivity contribution < 1.29 is 80.5 Å². The van der Waals surface area contributed by atoms with E-state index < -0.39 is 98.4 Å². The molecule has 15 unspecified atom stereocenters. The number of methoxy groups -OCH3 is 3. The Hall–Kier alpha value is -7.70. The zero-order valence-electron chi connectivity index (χ0n) is 57.4. The van der Waals surface area contributed by atoms with Gasteiger partial charge in [-0.15, -0.1) is 0 Å². The van der Waals surface area contributed by atoms with E-state index in [1.807, 2.05) is 273 Å². The average Bonchev–Trinajstić information content (AvgIpc) is 0.793. The molecule has 0 spiro atoms. The van der Waals surface area contributed by atoms with Crippen molar-refractivity contribution in [3.05, 3.63) is 323 Å². The maximum atomic E-state index is 7.45. The molecule has 0 bridgehead atoms. The zero-order valence-corrected chi connectivity index (χ0v) is 57.4. The van der Waals surface area contributed by atoms with E-state index in [9.17, 15) is 0 Å². The summed E-state index contributed by atoms with van der Waals surface area (Å²) in [6.45, 7) is 1.42. The number of benzene rings is 9. The van der Waals surface area contributed by atoms with Gasteiger partial charge in [-0.05, 0) is 50.1 Å². The van der Waals surface area contributed by atoms with E-state index in [0.29, 0.717) is 0 Å². The highest BCUT2D eigenvalue weighted by molar-refractivity contribution is 5.21. The highest BCUT2D eigenvalue weighted by Crippen LogP contribution is 2.38. The number of hydrogen-bond acceptors (Lipinski definition) is 17. The van der Waals surface area contributed by atoms with E-state index in [4.69, 9.17) is 80.5 Å². The summed E-state index contributed by atoms with van der Waals surface area (Å²) in [7, 11) is 4.77. The van der Waals surface area contributed by atoms with Gasteiger partial charge >= 0.3 is 0 Å². The van der Waals surface area contributed by atoms with Gasteiger partial charge < -0.3 is 80.5 Å². The summed E-state index contributed by atoms with van der Waals surface area (Å²) in [5.74, 6) is 0. The molecular weight excluding hydrogens is 1280 g/mol. The fraction of sp³-hybridized carbons (Fsp3) is 0.357. The van der Waals surface area contributed by atoms with Crippen LogP contribution in [-0.2, 0) is 140 Å². The summed E-state index contributed by atoms with van der Waals surface area (Å²) in [5, 5.41) is 0. The van der Waals surface area contributed by atoms with Gasteiger partial charge in [0.15, 0.2) is 25.2 Å². The Labute approximate surface area is 593 Å². The van der Waals surface area contributed by atoms with E-state index in [0.717, 1.165) is 50.1 Å². The van der Waals surface area contributed by atoms with Crippen molar-refractivity contribution in [2.24, 2.45) is 0 Å². The Morgan fingerprint density at radius 3 is 0.644 bits per heavy atom. The molecule has 3 heterocycles. The van der Waals surface area contributed by atoms with Crippen LogP contribution in [-0.4, -0.2) is 133 Å². The number of rotatable bonds is 37. The van der Waals surface area contributed by atoms with Crippen molar-refractivity contribution in [2.75, 3.05) is 34.5 Å². The molecule has 12 rings (SSSR count). The van der Waals surface area contributed by atoms with E-state index in [-0.39, 0.29) is 72.7 Å². The van der Waals surface area contributed by atoms with E-state index in [1.54, 1.807) is 21.3 Å². The molecule has 0 N–H and O–H groups in total. The van der Waals surface area contributed by atoms with Crippen LogP contribution >= 0.6 is 0 Å². The van der Waals surface area contributed by atoms with Crippen LogP contribution in [0.4, 0.5) is 0 Å². The lowest BCUT2D eigenvalue weighted by molar-refractivity contribution is -0.369. The third-order valence-corrected chi connectivity index (χ3v) is 18.1. The molecule has 17 heteroatoms. The first-order valence-electron chi connectivity index (χ1n) is 34.6. The SMILES string of the molecule is COC1OC(COC(OCC2OC(OC)C(OCc3ccccc3)C(OCc3ccccc3)C2OCc2ccccc2)C2OC(OC)C(OCc3ccccc3)C(OCc3ccccc3)C2OCc2ccccc2)C(OCc2ccccc2)C(OCc2ccccc2)C1OCc1ccccc1. The highest BCUT2D eigenvalue weighted by Gasteiger charge is 2.55. The monoisotopic (exact) mass is 1370 g/mol. The molecule has 3 aliphatic heterocycles. The van der Waals surface area contributed by atoms with E-state index in [2.05, 4.69) is 0 Å². The molecule has 0 amide bonds. The van der Waals surface area contributed by atoms with Crippen molar-refractivity contribution in [1.82, 2.24) is 0 Å². The Morgan fingerprint density at radius 2 is 0.416 bits per heavy atom. The fourth-order valence-electron chi connectivity index (χ4n) is 12.9. The van der Waals surface area contributed by atoms with Gasteiger partial charge in [0.1, 0.15) is 73.2 Å². The first-order valence-corrected chi connectivity index (χ1v) is 34.6. The Morgan fingerprint density at radius 1 is 0.228 bits per heavy atom. The van der Waals surface area contributed by atoms with Crippen LogP contribution in [0.1, 0.15) is 50.1 Å². The zero-order chi connectivity index (χ0) is 69.1. The Kier molecular flexibility index (Phi) is 28.3. The lowest BCUT2D eigenvalue weighted by Gasteiger charge is -2.49. The molecule has 0 saturated carbocycles. The molecule has 3 aliphatic rings. The Balaban J connectivity index is 0.947. The van der Waals surface area contributed by atoms with Crippen molar-refractivity contribution in [2.45, 2.75) is 158 Å². The average molecular weight is 1370 g/mol. The highest BCUT2D eigenvalue weighted by atomic mass is 16.8. The molecule has 530 valence electrons. The summed E-state index contributed by atoms with van der Waals surface area (Å²) >= 11 is 0. The minimum atomic E-state index is -1.36. The van der Waals surface area contributed by atoms with Gasteiger partial charge in [0.25, 0.3) is 0 Å². The second-order valence-electron chi connectivity index (χ2n) is 25.1. The molecule has 0 radical (unpaired) electrons. The molecule has 15 atom stereocenters. The first kappa shape index (κ1) is 73.1. The molecule has 3 fully saturated rings. The van der Waals surface area contributed by atoms with Gasteiger partial charge in [-0.1, -0.05) is 273 Å². The van der Waals surface area contributed by atoms with Gasteiger partial charge in [-0.3, -0.25) is 0 Å². The summed E-state index contributed by atoms with van der Waals surface area (Å²) < 4.78 is 119. The van der Waals surface area contributed by atoms with Crippen molar-refractivity contribution in [3.8, 4) is 0 Å². The predicted octanol–water partition coefficient (Wildman–Crippen LogP) is 13.7. The summed E-state index contributed by atoms with van der Waals surface area (Å²) in [6.07, 6.45) is -15.1. The Bertz CT molecular complexity index is 3530. The third-order valence-electron chi connectivity index (χ3n) is 18.1. The maximum absolute atomic E-state index is 7.45. The van der Waals surface area contributed by atoms with Crippen LogP contribution in [0.15, 0.2) is 273 Å². The normalized spacial score (nSPS) is 25.5. The number of hydrogen-bond donors (Lipinski definition) is 0. The van der Waals surface area contributed by atoms with Crippen molar-refractivity contribution in [1.29, 1.82) is 0 Å². The van der Waals surface area contributed by atoms with Gasteiger partial charge in [0.2, 0.25) is 0 Å². The molecule has 101 heavy (non-hydrogen) atoms. The van der Waals surface area contributed by atoms with E-state index in [1.165, 1.54) is 0 Å². The van der Waals surface area contributed by atoms with Gasteiger partial charge in [0.05, 0.1) is 72.7 Å². The van der Waals surface area contributed by atoms with Crippen LogP contribution in [0.2, 0.25) is 0 Å². The topological polar surface area (TPSA) is 157 Å². The molecule has 3 saturated heterocycles. The smallest absolute Gasteiger partial charge is 0.186 e. The van der Waals surface area contributed by atoms with Crippen LogP contribution in [0.5, 0.6) is 0 Å². The summed E-state index contributed by atoms with van der Waals surface area (Å²) in [4.78, 5) is 0. The molecule has 9 aromatic carbocycles. The molecular formula is C84H92O17. The second-order valence-corrected chi connectivity index (χ2v) is 25.1. The molecule has 0 aliphatic carbocycles. The van der Waals surface area contributed by atoms with Crippen LogP contribution in [0.25, 0.3) is 0 Å². The van der Waals surface area contributed by atoms with Crippen LogP contribution in [0.3, 0.4) is 0 Å². The van der Waals surface area contributed by atoms with Crippen molar-refractivity contribution >= 4 is 0 Å². The second kappa shape index (κ2) is 39.1. The standard InChI is InChI=1S/C84H92O17/c1-85-81-77(94-55-66-43-25-10-26-44-66)73(90-51-62-35-17-6-18-36-62)71(88-49-60-31-13-4-14-32-60)69(99-81)58-97-84(80-76(93-54-65-41-23-9-24-42-65)75(92-53-64-39-21-8-22-40-64)79(83(87-3)101-80)96-57-68-47-29-12-30-48-68)98-59-70-72(89-50-61-33-15-5-16-34-61)74(91-52-63-37-19-7-20-38-63)78(82(86-2)100-70)95-56-67-45-27-11-28-46-67/h4-48,69-84H,49-59H2,1-3H3. The summed E-state index contributed by atoms with van der Waals surface area (Å²) in [5.41, 5.74) is 8.43. The predicted molar refractivity (Wildman–Crippen MR) is 378 cm³/mol. The molecule has 9 aromatic rings. The van der Waals surface area contributed by atoms with Crippen LogP contribution in [0, 0.1) is 0 Å². The maximum Gasteiger partial charge on any atom is 0.186 e. The first-order chi connectivity index (χ1) is 50.0. The molecule has 0 aromatic heterocycles. The molecule has 17 nitrogen and oxygen atoms in total. The van der Waals surface area contributed by atoms with Crippen molar-refractivity contribution in [3.63, 3.8) is 0 Å². The summed E-state index contributed by atoms with van der Waals surface area (Å²) in [6, 6.07) is 89.7. The minimum Gasteiger partial charge on any atom is -0.368 e. The van der Waals surface area contributed by atoms with Crippen LogP contribution < -0.4 is 0 Å². The lowest BCUT2D eigenvalue weighted by Crippen LogP contribution is -2.65. The van der Waals surface area contributed by atoms with Gasteiger partial charge in [-0.25, -0.2) is 0 Å². The number of ether oxygens (including phenoxy) is 17.